The SMILES string of the molecule is Cc1noc([C@H](C)NC(=O)COc2ccccc2)n1. The molecule has 6 nitrogen and oxygen atoms in total. The van der Waals surface area contributed by atoms with Gasteiger partial charge in [0.25, 0.3) is 5.91 Å². The molecule has 1 atom stereocenters. The number of carbonyl (C=O) groups is 1. The summed E-state index contributed by atoms with van der Waals surface area (Å²) < 4.78 is 10.3. The number of hydrogen-bond donors (Lipinski definition) is 1. The normalized spacial score (nSPS) is 11.9. The number of para-hydroxylation sites is 1. The minimum atomic E-state index is -0.340. The molecule has 6 heteroatoms. The smallest absolute Gasteiger partial charge is 0.258 e. The Kier molecular flexibility index (Phi) is 4.12. The Hall–Kier alpha value is -2.37. The summed E-state index contributed by atoms with van der Waals surface area (Å²) in [5, 5.41) is 6.39. The van der Waals surface area contributed by atoms with E-state index < -0.39 is 0 Å². The maximum atomic E-state index is 11.7. The first-order valence-corrected chi connectivity index (χ1v) is 5.92. The number of ether oxygens (including phenoxy) is 1. The quantitative estimate of drug-likeness (QED) is 0.885. The Morgan fingerprint density at radius 3 is 2.79 bits per heavy atom. The van der Waals surface area contributed by atoms with Gasteiger partial charge in [-0.15, -0.1) is 0 Å². The summed E-state index contributed by atoms with van der Waals surface area (Å²) in [6, 6.07) is 8.81. The second-order valence-electron chi connectivity index (χ2n) is 4.07. The van der Waals surface area contributed by atoms with Crippen LogP contribution in [0.2, 0.25) is 0 Å². The van der Waals surface area contributed by atoms with Crippen molar-refractivity contribution in [2.45, 2.75) is 19.9 Å². The van der Waals surface area contributed by atoms with Crippen LogP contribution >= 0.6 is 0 Å². The summed E-state index contributed by atoms with van der Waals surface area (Å²) in [5.41, 5.74) is 0. The first-order chi connectivity index (χ1) is 9.15. The van der Waals surface area contributed by atoms with Crippen molar-refractivity contribution in [3.05, 3.63) is 42.0 Å². The third-order valence-electron chi connectivity index (χ3n) is 2.40. The van der Waals surface area contributed by atoms with E-state index in [2.05, 4.69) is 15.5 Å². The fourth-order valence-corrected chi connectivity index (χ4v) is 1.50. The van der Waals surface area contributed by atoms with E-state index in [0.717, 1.165) is 0 Å². The van der Waals surface area contributed by atoms with E-state index in [4.69, 9.17) is 9.26 Å². The van der Waals surface area contributed by atoms with Crippen LogP contribution in [0.5, 0.6) is 5.75 Å². The third-order valence-corrected chi connectivity index (χ3v) is 2.40. The van der Waals surface area contributed by atoms with Crippen LogP contribution in [0.15, 0.2) is 34.9 Å². The number of nitrogens with zero attached hydrogens (tertiary/aromatic N) is 2. The van der Waals surface area contributed by atoms with Crippen LogP contribution in [0.4, 0.5) is 0 Å². The van der Waals surface area contributed by atoms with Gasteiger partial charge in [-0.25, -0.2) is 0 Å². The Morgan fingerprint density at radius 2 is 2.16 bits per heavy atom. The van der Waals surface area contributed by atoms with E-state index in [0.29, 0.717) is 17.5 Å². The van der Waals surface area contributed by atoms with Crippen LogP contribution in [-0.4, -0.2) is 22.7 Å². The molecule has 0 saturated heterocycles. The summed E-state index contributed by atoms with van der Waals surface area (Å²) in [6.07, 6.45) is 0. The Balaban J connectivity index is 1.81. The molecular weight excluding hydrogens is 246 g/mol. The number of carbonyl (C=O) groups excluding carboxylic acids is 1. The van der Waals surface area contributed by atoms with Crippen molar-refractivity contribution < 1.29 is 14.1 Å². The molecule has 1 N–H and O–H groups in total. The molecule has 0 radical (unpaired) electrons. The van der Waals surface area contributed by atoms with Gasteiger partial charge in [-0.05, 0) is 26.0 Å². The molecule has 0 aliphatic heterocycles. The van der Waals surface area contributed by atoms with Gasteiger partial charge >= 0.3 is 0 Å². The lowest BCUT2D eigenvalue weighted by Gasteiger charge is -2.10. The molecule has 0 spiro atoms. The zero-order chi connectivity index (χ0) is 13.7. The number of nitrogens with one attached hydrogen (secondary N) is 1. The van der Waals surface area contributed by atoms with E-state index in [1.807, 2.05) is 18.2 Å². The van der Waals surface area contributed by atoms with Crippen LogP contribution in [0.1, 0.15) is 24.7 Å². The average Bonchev–Trinajstić information content (AvgIpc) is 2.84. The van der Waals surface area contributed by atoms with Gasteiger partial charge in [0.1, 0.15) is 11.8 Å². The molecule has 0 fully saturated rings. The summed E-state index contributed by atoms with van der Waals surface area (Å²) in [5.74, 6) is 1.33. The summed E-state index contributed by atoms with van der Waals surface area (Å²) in [7, 11) is 0. The topological polar surface area (TPSA) is 77.2 Å². The average molecular weight is 261 g/mol. The second-order valence-corrected chi connectivity index (χ2v) is 4.07. The summed E-state index contributed by atoms with van der Waals surface area (Å²) in [4.78, 5) is 15.7. The van der Waals surface area contributed by atoms with Crippen LogP contribution in [-0.2, 0) is 4.79 Å². The maximum Gasteiger partial charge on any atom is 0.258 e. The Morgan fingerprint density at radius 1 is 1.42 bits per heavy atom. The molecular formula is C13H15N3O3. The highest BCUT2D eigenvalue weighted by Crippen LogP contribution is 2.10. The van der Waals surface area contributed by atoms with Gasteiger partial charge in [-0.3, -0.25) is 4.79 Å². The molecule has 0 saturated carbocycles. The van der Waals surface area contributed by atoms with Gasteiger partial charge in [-0.1, -0.05) is 23.4 Å². The lowest BCUT2D eigenvalue weighted by atomic mass is 10.3. The van der Waals surface area contributed by atoms with E-state index >= 15 is 0 Å². The maximum absolute atomic E-state index is 11.7. The van der Waals surface area contributed by atoms with Gasteiger partial charge in [0.05, 0.1) is 0 Å². The molecule has 1 aromatic carbocycles. The fraction of sp³-hybridized carbons (Fsp3) is 0.308. The summed E-state index contributed by atoms with van der Waals surface area (Å²) >= 11 is 0. The van der Waals surface area contributed by atoms with Crippen molar-refractivity contribution in [1.29, 1.82) is 0 Å². The van der Waals surface area contributed by atoms with Crippen LogP contribution in [0.25, 0.3) is 0 Å². The number of hydrogen-bond acceptors (Lipinski definition) is 5. The standard InChI is InChI=1S/C13H15N3O3/c1-9(13-15-10(2)16-19-13)14-12(17)8-18-11-6-4-3-5-7-11/h3-7,9H,8H2,1-2H3,(H,14,17)/t9-/m0/s1. The van der Waals surface area contributed by atoms with Gasteiger partial charge in [0.15, 0.2) is 12.4 Å². The zero-order valence-corrected chi connectivity index (χ0v) is 10.8. The fourth-order valence-electron chi connectivity index (χ4n) is 1.50. The van der Waals surface area contributed by atoms with Crippen LogP contribution in [0.3, 0.4) is 0 Å². The van der Waals surface area contributed by atoms with E-state index in [-0.39, 0.29) is 18.6 Å². The van der Waals surface area contributed by atoms with E-state index in [1.165, 1.54) is 0 Å². The lowest BCUT2D eigenvalue weighted by molar-refractivity contribution is -0.123. The molecule has 2 rings (SSSR count). The number of aryl methyl sites for hydroxylation is 1. The van der Waals surface area contributed by atoms with Crippen molar-refractivity contribution in [1.82, 2.24) is 15.5 Å². The van der Waals surface area contributed by atoms with E-state index in [1.54, 1.807) is 26.0 Å². The minimum Gasteiger partial charge on any atom is -0.484 e. The molecule has 1 heterocycles. The number of aromatic nitrogens is 2. The molecule has 2 aromatic rings. The van der Waals surface area contributed by atoms with Crippen molar-refractivity contribution >= 4 is 5.91 Å². The predicted molar refractivity (Wildman–Crippen MR) is 67.5 cm³/mol. The van der Waals surface area contributed by atoms with Crippen LogP contribution in [0, 0.1) is 6.92 Å². The summed E-state index contributed by atoms with van der Waals surface area (Å²) in [6.45, 7) is 3.44. The highest BCUT2D eigenvalue weighted by Gasteiger charge is 2.15. The molecule has 0 aliphatic carbocycles. The van der Waals surface area contributed by atoms with Gasteiger partial charge in [0, 0.05) is 0 Å². The Labute approximate surface area is 110 Å². The monoisotopic (exact) mass is 261 g/mol. The molecule has 100 valence electrons. The number of benzene rings is 1. The highest BCUT2D eigenvalue weighted by molar-refractivity contribution is 5.77. The molecule has 19 heavy (non-hydrogen) atoms. The van der Waals surface area contributed by atoms with E-state index in [9.17, 15) is 4.79 Å². The van der Waals surface area contributed by atoms with Gasteiger partial charge in [-0.2, -0.15) is 4.98 Å². The molecule has 0 bridgehead atoms. The molecule has 0 unspecified atom stereocenters. The predicted octanol–water partition coefficient (Wildman–Crippen LogP) is 1.63. The first kappa shape index (κ1) is 13.1. The zero-order valence-electron chi connectivity index (χ0n) is 10.8. The molecule has 1 aromatic heterocycles. The second kappa shape index (κ2) is 5.99. The van der Waals surface area contributed by atoms with Crippen LogP contribution < -0.4 is 10.1 Å². The number of rotatable bonds is 5. The largest absolute Gasteiger partial charge is 0.484 e. The third kappa shape index (κ3) is 3.80. The molecule has 0 aliphatic rings. The van der Waals surface area contributed by atoms with Crippen molar-refractivity contribution in [3.8, 4) is 5.75 Å². The molecule has 1 amide bonds. The van der Waals surface area contributed by atoms with Gasteiger partial charge in [0.2, 0.25) is 5.89 Å². The van der Waals surface area contributed by atoms with Gasteiger partial charge < -0.3 is 14.6 Å². The Bertz CT molecular complexity index is 539. The minimum absolute atomic E-state index is 0.0541. The highest BCUT2D eigenvalue weighted by atomic mass is 16.5. The number of amides is 1. The van der Waals surface area contributed by atoms with Crippen molar-refractivity contribution in [3.63, 3.8) is 0 Å². The first-order valence-electron chi connectivity index (χ1n) is 5.92. The van der Waals surface area contributed by atoms with Crippen molar-refractivity contribution in [2.75, 3.05) is 6.61 Å². The van der Waals surface area contributed by atoms with Crippen molar-refractivity contribution in [2.24, 2.45) is 0 Å². The lowest BCUT2D eigenvalue weighted by Crippen LogP contribution is -2.31.